The highest BCUT2D eigenvalue weighted by atomic mass is 15.0. The van der Waals surface area contributed by atoms with Crippen molar-refractivity contribution in [3.8, 4) is 22.5 Å². The molecule has 0 spiro atoms. The van der Waals surface area contributed by atoms with E-state index in [0.717, 1.165) is 22.3 Å². The second-order valence-electron chi connectivity index (χ2n) is 11.0. The van der Waals surface area contributed by atoms with Crippen molar-refractivity contribution in [2.75, 3.05) is 0 Å². The Labute approximate surface area is 255 Å². The van der Waals surface area contributed by atoms with E-state index in [4.69, 9.17) is 16.4 Å². The van der Waals surface area contributed by atoms with Gasteiger partial charge in [-0.25, -0.2) is 0 Å². The van der Waals surface area contributed by atoms with Gasteiger partial charge in [-0.2, -0.15) is 0 Å². The summed E-state index contributed by atoms with van der Waals surface area (Å²) >= 11 is 0. The van der Waals surface area contributed by atoms with Crippen LogP contribution in [0, 0.1) is 0 Å². The third kappa shape index (κ3) is 2.97. The maximum Gasteiger partial charge on any atom is 0.0630 e. The fraction of sp³-hybridized carbons (Fsp3) is 0.0769. The molecule has 0 saturated heterocycles. The van der Waals surface area contributed by atoms with Crippen molar-refractivity contribution >= 4 is 43.6 Å². The zero-order valence-corrected chi connectivity index (χ0v) is 22.2. The van der Waals surface area contributed by atoms with Crippen LogP contribution < -0.4 is 0 Å². The van der Waals surface area contributed by atoms with Gasteiger partial charge in [-0.05, 0) is 70.8 Å². The molecule has 1 aliphatic rings. The van der Waals surface area contributed by atoms with Gasteiger partial charge in [0.15, 0.2) is 0 Å². The molecule has 0 radical (unpaired) electrons. The maximum atomic E-state index is 8.75. The van der Waals surface area contributed by atoms with Crippen LogP contribution >= 0.6 is 0 Å². The Morgan fingerprint density at radius 1 is 0.463 bits per heavy atom. The summed E-state index contributed by atoms with van der Waals surface area (Å²) in [5, 5.41) is 1.14. The number of hydrogen-bond donors (Lipinski definition) is 0. The van der Waals surface area contributed by atoms with Gasteiger partial charge in [0.25, 0.3) is 0 Å². The van der Waals surface area contributed by atoms with Gasteiger partial charge in [-0.1, -0.05) is 98.5 Å². The molecule has 0 bridgehead atoms. The highest BCUT2D eigenvalue weighted by molar-refractivity contribution is 6.10. The predicted molar refractivity (Wildman–Crippen MR) is 173 cm³/mol. The molecule has 41 heavy (non-hydrogen) atoms. The van der Waals surface area contributed by atoms with Gasteiger partial charge in [-0.15, -0.1) is 0 Å². The summed E-state index contributed by atoms with van der Waals surface area (Å²) in [6, 6.07) is 15.2. The van der Waals surface area contributed by atoms with E-state index in [-0.39, 0.29) is 94.1 Å². The fourth-order valence-corrected chi connectivity index (χ4v) is 6.63. The minimum atomic E-state index is -0.593. The molecule has 2 heteroatoms. The summed E-state index contributed by atoms with van der Waals surface area (Å²) in [6.45, 7) is 4.17. The summed E-state index contributed by atoms with van der Waals surface area (Å²) in [5.41, 5.74) is 6.33. The first kappa shape index (κ1) is 14.0. The van der Waals surface area contributed by atoms with Crippen LogP contribution in [0.25, 0.3) is 66.1 Å². The molecular formula is C39H28N2. The van der Waals surface area contributed by atoms with Crippen LogP contribution in [-0.2, 0) is 5.41 Å². The first-order valence-corrected chi connectivity index (χ1v) is 13.4. The second kappa shape index (κ2) is 7.99. The minimum Gasteiger partial charge on any atom is -0.309 e. The van der Waals surface area contributed by atoms with Gasteiger partial charge in [0, 0.05) is 38.3 Å². The van der Waals surface area contributed by atoms with Crippen LogP contribution in [0.2, 0.25) is 0 Å². The number of fused-ring (bicyclic) bond motifs is 9. The molecule has 0 N–H and O–H groups in total. The molecule has 1 aliphatic carbocycles. The zero-order chi connectivity index (χ0) is 37.7. The molecule has 2 aromatic heterocycles. The van der Waals surface area contributed by atoms with Crippen molar-refractivity contribution in [2.24, 2.45) is 0 Å². The van der Waals surface area contributed by atoms with Gasteiger partial charge in [0.05, 0.1) is 38.5 Å². The number of nitrogens with zero attached hydrogens (tertiary/aromatic N) is 2. The van der Waals surface area contributed by atoms with Crippen LogP contribution in [0.3, 0.4) is 0 Å². The van der Waals surface area contributed by atoms with Crippen molar-refractivity contribution in [2.45, 2.75) is 19.3 Å². The van der Waals surface area contributed by atoms with E-state index >= 15 is 0 Å². The lowest BCUT2D eigenvalue weighted by atomic mass is 9.82. The summed E-state index contributed by atoms with van der Waals surface area (Å²) in [4.78, 5) is 0. The maximum absolute atomic E-state index is 8.75. The van der Waals surface area contributed by atoms with Gasteiger partial charge >= 0.3 is 0 Å². The second-order valence-corrected chi connectivity index (χ2v) is 11.0. The number of aromatic nitrogens is 2. The molecule has 2 heterocycles. The van der Waals surface area contributed by atoms with Gasteiger partial charge in [-0.3, -0.25) is 0 Å². The van der Waals surface area contributed by atoms with Crippen LogP contribution in [-0.4, -0.2) is 9.13 Å². The minimum absolute atomic E-state index is 0.148. The largest absolute Gasteiger partial charge is 0.309 e. The van der Waals surface area contributed by atoms with E-state index in [9.17, 15) is 0 Å². The molecular weight excluding hydrogens is 496 g/mol. The molecule has 0 fully saturated rings. The predicted octanol–water partition coefficient (Wildman–Crippen LogP) is 10.2. The smallest absolute Gasteiger partial charge is 0.0630 e. The van der Waals surface area contributed by atoms with E-state index < -0.39 is 5.41 Å². The highest BCUT2D eigenvalue weighted by Gasteiger charge is 2.36. The van der Waals surface area contributed by atoms with Crippen molar-refractivity contribution in [3.63, 3.8) is 0 Å². The molecule has 194 valence electrons. The lowest BCUT2D eigenvalue weighted by molar-refractivity contribution is 0.659. The first-order valence-electron chi connectivity index (χ1n) is 19.4. The summed E-state index contributed by atoms with van der Waals surface area (Å²) < 4.78 is 106. The van der Waals surface area contributed by atoms with Crippen LogP contribution in [0.4, 0.5) is 0 Å². The van der Waals surface area contributed by atoms with Gasteiger partial charge < -0.3 is 9.13 Å². The Bertz CT molecular complexity index is 2670. The van der Waals surface area contributed by atoms with Crippen LogP contribution in [0.5, 0.6) is 0 Å². The van der Waals surface area contributed by atoms with Crippen molar-refractivity contribution in [3.05, 3.63) is 144 Å². The Hall–Kier alpha value is -5.08. The Kier molecular flexibility index (Phi) is 2.73. The summed E-state index contributed by atoms with van der Waals surface area (Å²) in [6.07, 6.45) is 0. The molecule has 0 amide bonds. The normalized spacial score (nSPS) is 17.9. The molecule has 9 rings (SSSR count). The van der Waals surface area contributed by atoms with Crippen molar-refractivity contribution < 1.29 is 16.4 Å². The van der Waals surface area contributed by atoms with Crippen molar-refractivity contribution in [1.82, 2.24) is 9.13 Å². The van der Waals surface area contributed by atoms with E-state index in [0.29, 0.717) is 33.4 Å². The quantitative estimate of drug-likeness (QED) is 0.208. The average Bonchev–Trinajstić information content (AvgIpc) is 3.70. The summed E-state index contributed by atoms with van der Waals surface area (Å²) in [5.74, 6) is 0. The third-order valence-electron chi connectivity index (χ3n) is 8.52. The highest BCUT2D eigenvalue weighted by Crippen LogP contribution is 2.50. The standard InChI is InChI=1S/C39H28N2/c1-39(2)33-23-25(40-35-15-7-3-11-29(35)30-12-4-8-16-36(30)40)19-21-27(33)28-22-20-26(24-34(28)39)41-37-17-9-5-13-31(37)32-14-6-10-18-38(32)41/h3-24H,1-2H3/i3D,4D,5D,6D,7D,8D,9D,10D,11D,12D,13D,14D. The summed E-state index contributed by atoms with van der Waals surface area (Å²) in [7, 11) is 0. The Morgan fingerprint density at radius 3 is 1.15 bits per heavy atom. The van der Waals surface area contributed by atoms with E-state index in [1.165, 1.54) is 24.3 Å². The third-order valence-corrected chi connectivity index (χ3v) is 8.52. The molecule has 0 unspecified atom stereocenters. The lowest BCUT2D eigenvalue weighted by Crippen LogP contribution is -2.16. The number of benzene rings is 6. The Morgan fingerprint density at radius 2 is 0.805 bits per heavy atom. The van der Waals surface area contributed by atoms with Crippen LogP contribution in [0.15, 0.2) is 133 Å². The van der Waals surface area contributed by atoms with Crippen LogP contribution in [0.1, 0.15) is 41.4 Å². The molecule has 0 saturated carbocycles. The number of para-hydroxylation sites is 4. The monoisotopic (exact) mass is 536 g/mol. The van der Waals surface area contributed by atoms with Crippen molar-refractivity contribution in [1.29, 1.82) is 0 Å². The van der Waals surface area contributed by atoms with E-state index in [1.54, 1.807) is 9.13 Å². The van der Waals surface area contributed by atoms with Gasteiger partial charge in [0.1, 0.15) is 0 Å². The number of rotatable bonds is 2. The first-order chi connectivity index (χ1) is 25.0. The van der Waals surface area contributed by atoms with E-state index in [2.05, 4.69) is 13.8 Å². The molecule has 2 nitrogen and oxygen atoms in total. The fourth-order valence-electron chi connectivity index (χ4n) is 6.63. The molecule has 6 aromatic carbocycles. The number of hydrogen-bond acceptors (Lipinski definition) is 0. The van der Waals surface area contributed by atoms with Gasteiger partial charge in [0.2, 0.25) is 0 Å². The zero-order valence-electron chi connectivity index (χ0n) is 34.2. The molecule has 0 aliphatic heterocycles. The lowest BCUT2D eigenvalue weighted by Gasteiger charge is -2.23. The average molecular weight is 537 g/mol. The topological polar surface area (TPSA) is 9.86 Å². The molecule has 8 aromatic rings. The van der Waals surface area contributed by atoms with E-state index in [1.807, 2.05) is 36.4 Å². The molecule has 0 atom stereocenters. The Balaban J connectivity index is 1.28. The SMILES string of the molecule is [2H]c1cc2c(c([2H])c1[2H])c1c([2H])c([2H])c([2H])cc1n2-c1ccc2c(c1)C(C)(C)c1cc(-n3c4cc([2H])c([2H])c([2H])c4c4c([2H])c([2H])c([2H])cc43)ccc1-2.